The van der Waals surface area contributed by atoms with Gasteiger partial charge in [0.25, 0.3) is 0 Å². The van der Waals surface area contributed by atoms with Gasteiger partial charge < -0.3 is 15.9 Å². The molecular formula is C9H12Cl3NO2. The predicted octanol–water partition coefficient (Wildman–Crippen LogP) is 1.98. The van der Waals surface area contributed by atoms with Crippen molar-refractivity contribution in [1.82, 2.24) is 0 Å². The Labute approximate surface area is 104 Å². The summed E-state index contributed by atoms with van der Waals surface area (Å²) >= 11 is 11.5. The van der Waals surface area contributed by atoms with E-state index in [0.29, 0.717) is 17.0 Å². The maximum Gasteiger partial charge on any atom is 0.137 e. The minimum atomic E-state index is -0.421. The number of nitrogens with two attached hydrogens (primary N) is 1. The van der Waals surface area contributed by atoms with Gasteiger partial charge in [0.05, 0.1) is 11.6 Å². The molecule has 0 radical (unpaired) electrons. The van der Waals surface area contributed by atoms with Crippen molar-refractivity contribution in [1.29, 1.82) is 0 Å². The molecule has 0 bridgehead atoms. The van der Waals surface area contributed by atoms with E-state index in [2.05, 4.69) is 0 Å². The Balaban J connectivity index is 0.00000196. The third-order valence-corrected chi connectivity index (χ3v) is 2.33. The molecule has 4 N–H and O–H groups in total. The maximum absolute atomic E-state index is 9.54. The number of hydrogen-bond acceptors (Lipinski definition) is 3. The fourth-order valence-corrected chi connectivity index (χ4v) is 1.66. The molecule has 1 aromatic carbocycles. The number of benzene rings is 1. The summed E-state index contributed by atoms with van der Waals surface area (Å²) in [4.78, 5) is 0. The molecular weight excluding hydrogens is 260 g/mol. The van der Waals surface area contributed by atoms with E-state index >= 15 is 0 Å². The van der Waals surface area contributed by atoms with E-state index in [0.717, 1.165) is 0 Å². The van der Waals surface area contributed by atoms with Gasteiger partial charge in [0, 0.05) is 11.1 Å². The third kappa shape index (κ3) is 4.05. The van der Waals surface area contributed by atoms with Crippen molar-refractivity contribution in [2.24, 2.45) is 5.73 Å². The largest absolute Gasteiger partial charge is 0.506 e. The molecule has 3 nitrogen and oxygen atoms in total. The normalized spacial score (nSPS) is 12.0. The van der Waals surface area contributed by atoms with Crippen LogP contribution in [0.25, 0.3) is 0 Å². The lowest BCUT2D eigenvalue weighted by Gasteiger charge is -2.10. The molecule has 0 aliphatic rings. The molecule has 1 rings (SSSR count). The lowest BCUT2D eigenvalue weighted by molar-refractivity contribution is 0.264. The second-order valence-corrected chi connectivity index (χ2v) is 3.89. The maximum atomic E-state index is 9.54. The van der Waals surface area contributed by atoms with Gasteiger partial charge in [0.15, 0.2) is 0 Å². The first-order valence-corrected chi connectivity index (χ1v) is 4.83. The molecule has 0 aliphatic heterocycles. The summed E-state index contributed by atoms with van der Waals surface area (Å²) < 4.78 is 0. The van der Waals surface area contributed by atoms with Crippen molar-refractivity contribution < 1.29 is 10.2 Å². The average Bonchev–Trinajstić information content (AvgIpc) is 2.13. The van der Waals surface area contributed by atoms with Gasteiger partial charge in [-0.25, -0.2) is 0 Å². The van der Waals surface area contributed by atoms with Gasteiger partial charge in [-0.1, -0.05) is 23.2 Å². The Kier molecular flexibility index (Phi) is 6.32. The van der Waals surface area contributed by atoms with Gasteiger partial charge in [-0.15, -0.1) is 12.4 Å². The molecule has 1 atom stereocenters. The Morgan fingerprint density at radius 1 is 1.33 bits per heavy atom. The lowest BCUT2D eigenvalue weighted by Crippen LogP contribution is -2.26. The van der Waals surface area contributed by atoms with Crippen LogP contribution in [-0.4, -0.2) is 22.9 Å². The number of aliphatic hydroxyl groups is 1. The number of phenolic OH excluding ortho intramolecular Hbond substituents is 1. The van der Waals surface area contributed by atoms with Crippen LogP contribution in [0.3, 0.4) is 0 Å². The summed E-state index contributed by atoms with van der Waals surface area (Å²) in [6, 6.07) is 2.61. The van der Waals surface area contributed by atoms with E-state index in [1.165, 1.54) is 6.07 Å². The highest BCUT2D eigenvalue weighted by atomic mass is 35.5. The number of halogens is 3. The van der Waals surface area contributed by atoms with Crippen LogP contribution in [0.2, 0.25) is 10.0 Å². The van der Waals surface area contributed by atoms with Crippen LogP contribution in [0.1, 0.15) is 5.56 Å². The lowest BCUT2D eigenvalue weighted by atomic mass is 10.1. The molecule has 0 amide bonds. The van der Waals surface area contributed by atoms with Crippen molar-refractivity contribution in [2.75, 3.05) is 6.61 Å². The monoisotopic (exact) mass is 271 g/mol. The molecule has 0 aliphatic carbocycles. The van der Waals surface area contributed by atoms with E-state index in [1.54, 1.807) is 6.07 Å². The highest BCUT2D eigenvalue weighted by Crippen LogP contribution is 2.31. The second-order valence-electron chi connectivity index (χ2n) is 3.04. The number of hydrogen-bond donors (Lipinski definition) is 3. The quantitative estimate of drug-likeness (QED) is 0.788. The van der Waals surface area contributed by atoms with E-state index in [-0.39, 0.29) is 29.8 Å². The van der Waals surface area contributed by atoms with Crippen LogP contribution in [-0.2, 0) is 6.42 Å². The summed E-state index contributed by atoms with van der Waals surface area (Å²) in [7, 11) is 0. The molecule has 0 saturated carbocycles. The Morgan fingerprint density at radius 3 is 2.47 bits per heavy atom. The third-order valence-electron chi connectivity index (χ3n) is 1.82. The molecule has 15 heavy (non-hydrogen) atoms. The molecule has 0 aromatic heterocycles. The first-order valence-electron chi connectivity index (χ1n) is 4.08. The van der Waals surface area contributed by atoms with Crippen molar-refractivity contribution in [3.63, 3.8) is 0 Å². The average molecular weight is 273 g/mol. The van der Waals surface area contributed by atoms with Crippen LogP contribution in [0, 0.1) is 0 Å². The van der Waals surface area contributed by atoms with E-state index in [1.807, 2.05) is 0 Å². The van der Waals surface area contributed by atoms with Crippen LogP contribution in [0.15, 0.2) is 12.1 Å². The molecule has 1 unspecified atom stereocenters. The zero-order valence-corrected chi connectivity index (χ0v) is 10.1. The fourth-order valence-electron chi connectivity index (χ4n) is 1.12. The van der Waals surface area contributed by atoms with Crippen LogP contribution in [0.5, 0.6) is 5.75 Å². The zero-order chi connectivity index (χ0) is 10.7. The van der Waals surface area contributed by atoms with Gasteiger partial charge in [-0.05, 0) is 24.1 Å². The summed E-state index contributed by atoms with van der Waals surface area (Å²) in [5.74, 6) is -0.0278. The first-order chi connectivity index (χ1) is 6.54. The molecule has 0 spiro atoms. The van der Waals surface area contributed by atoms with Gasteiger partial charge in [-0.3, -0.25) is 0 Å². The van der Waals surface area contributed by atoms with Gasteiger partial charge >= 0.3 is 0 Å². The van der Waals surface area contributed by atoms with Crippen molar-refractivity contribution in [3.05, 3.63) is 27.7 Å². The summed E-state index contributed by atoms with van der Waals surface area (Å²) in [6.45, 7) is -0.149. The fraction of sp³-hybridized carbons (Fsp3) is 0.333. The molecule has 1 aromatic rings. The topological polar surface area (TPSA) is 66.5 Å². The van der Waals surface area contributed by atoms with Crippen molar-refractivity contribution in [2.45, 2.75) is 12.5 Å². The molecule has 0 heterocycles. The smallest absolute Gasteiger partial charge is 0.137 e. The predicted molar refractivity (Wildman–Crippen MR) is 64.1 cm³/mol. The first kappa shape index (κ1) is 14.8. The van der Waals surface area contributed by atoms with E-state index in [4.69, 9.17) is 34.0 Å². The van der Waals surface area contributed by atoms with Gasteiger partial charge in [0.2, 0.25) is 0 Å². The molecule has 0 fully saturated rings. The summed E-state index contributed by atoms with van der Waals surface area (Å²) in [6.07, 6.45) is 0.336. The van der Waals surface area contributed by atoms with Crippen LogP contribution < -0.4 is 5.73 Å². The Hall–Kier alpha value is -0.190. The van der Waals surface area contributed by atoms with Crippen molar-refractivity contribution >= 4 is 35.6 Å². The van der Waals surface area contributed by atoms with Crippen LogP contribution in [0.4, 0.5) is 0 Å². The van der Waals surface area contributed by atoms with Gasteiger partial charge in [0.1, 0.15) is 5.75 Å². The zero-order valence-electron chi connectivity index (χ0n) is 7.78. The standard InChI is InChI=1S/C9H11Cl2NO2.ClH/c10-6-1-5(2-7(12)4-13)9(14)8(11)3-6;/h1,3,7,13-14H,2,4,12H2;1H. The minimum absolute atomic E-state index is 0. The van der Waals surface area contributed by atoms with E-state index in [9.17, 15) is 5.11 Å². The van der Waals surface area contributed by atoms with E-state index < -0.39 is 6.04 Å². The molecule has 6 heteroatoms. The summed E-state index contributed by atoms with van der Waals surface area (Å²) in [5, 5.41) is 18.9. The number of aromatic hydroxyl groups is 1. The highest BCUT2D eigenvalue weighted by molar-refractivity contribution is 6.35. The Bertz CT molecular complexity index is 333. The SMILES string of the molecule is Cl.NC(CO)Cc1cc(Cl)cc(Cl)c1O. The Morgan fingerprint density at radius 2 is 1.93 bits per heavy atom. The number of phenols is 1. The molecule has 86 valence electrons. The summed E-state index contributed by atoms with van der Waals surface area (Å²) in [5.41, 5.74) is 6.07. The minimum Gasteiger partial charge on any atom is -0.506 e. The highest BCUT2D eigenvalue weighted by Gasteiger charge is 2.11. The van der Waals surface area contributed by atoms with Crippen molar-refractivity contribution in [3.8, 4) is 5.75 Å². The number of rotatable bonds is 3. The number of aliphatic hydroxyl groups excluding tert-OH is 1. The second kappa shape index (κ2) is 6.40. The van der Waals surface area contributed by atoms with Gasteiger partial charge in [-0.2, -0.15) is 0 Å². The molecule has 0 saturated heterocycles. The van der Waals surface area contributed by atoms with Crippen LogP contribution >= 0.6 is 35.6 Å².